The quantitative estimate of drug-likeness (QED) is 0.152. The van der Waals surface area contributed by atoms with Gasteiger partial charge >= 0.3 is 0 Å². The topological polar surface area (TPSA) is 147 Å². The van der Waals surface area contributed by atoms with E-state index in [0.717, 1.165) is 32.9 Å². The molecule has 0 aliphatic heterocycles. The Morgan fingerprint density at radius 3 is 1.08 bits per heavy atom. The number of carbonyl (C=O) groups excluding carboxylic acids is 3. The first-order valence-electron chi connectivity index (χ1n) is 29.2. The number of carbonyl (C=O) groups is 3. The first-order valence-corrected chi connectivity index (χ1v) is 29.2. The van der Waals surface area contributed by atoms with Crippen molar-refractivity contribution in [2.75, 3.05) is 0 Å². The molecule has 78 heavy (non-hydrogen) atoms. The molecule has 0 spiro atoms. The first kappa shape index (κ1) is 64.2. The third-order valence-electron chi connectivity index (χ3n) is 15.1. The Morgan fingerprint density at radius 1 is 0.397 bits per heavy atom. The lowest BCUT2D eigenvalue weighted by molar-refractivity contribution is -0.724. The van der Waals surface area contributed by atoms with Crippen LogP contribution in [0.15, 0.2) is 92.6 Å². The zero-order chi connectivity index (χ0) is 57.3. The number of rotatable bonds is 6. The van der Waals surface area contributed by atoms with E-state index in [2.05, 4.69) is 182 Å². The maximum Gasteiger partial charge on any atom is 0.254 e. The van der Waals surface area contributed by atoms with Crippen LogP contribution in [0.2, 0.25) is 0 Å². The van der Waals surface area contributed by atoms with Crippen molar-refractivity contribution in [3.8, 4) is 17.1 Å². The molecule has 3 aliphatic rings. The highest BCUT2D eigenvalue weighted by molar-refractivity contribution is 5.60. The maximum absolute atomic E-state index is 8.89. The Hall–Kier alpha value is -6.30. The van der Waals surface area contributed by atoms with Crippen LogP contribution in [0.4, 0.5) is 0 Å². The zero-order valence-corrected chi connectivity index (χ0v) is 49.9. The van der Waals surface area contributed by atoms with Gasteiger partial charge in [-0.15, -0.1) is 0 Å². The fourth-order valence-electron chi connectivity index (χ4n) is 12.1. The second-order valence-corrected chi connectivity index (χ2v) is 22.5. The second-order valence-electron chi connectivity index (χ2n) is 22.5. The lowest BCUT2D eigenvalue weighted by Crippen LogP contribution is -2.38. The summed E-state index contributed by atoms with van der Waals surface area (Å²) < 4.78 is 14.3. The normalized spacial score (nSPS) is 15.5. The van der Waals surface area contributed by atoms with Gasteiger partial charge in [0.1, 0.15) is 72.4 Å². The Bertz CT molecular complexity index is 2560. The Labute approximate surface area is 468 Å². The van der Waals surface area contributed by atoms with Crippen LogP contribution in [0.25, 0.3) is 17.1 Å². The minimum Gasteiger partial charge on any atom is -0.550 e. The summed E-state index contributed by atoms with van der Waals surface area (Å²) in [4.78, 5) is 26.7. The molecular weight excluding hydrogens is 973 g/mol. The molecule has 3 aromatic carbocycles. The number of benzene rings is 3. The van der Waals surface area contributed by atoms with Gasteiger partial charge in [0.05, 0.1) is 0 Å². The van der Waals surface area contributed by atoms with Crippen LogP contribution in [0, 0.1) is 62.3 Å². The summed E-state index contributed by atoms with van der Waals surface area (Å²) >= 11 is 0. The summed E-state index contributed by atoms with van der Waals surface area (Å²) in [5, 5.41) is 26.7. The van der Waals surface area contributed by atoms with Crippen molar-refractivity contribution in [1.29, 1.82) is 0 Å². The molecule has 3 aliphatic carbocycles. The summed E-state index contributed by atoms with van der Waals surface area (Å²) in [7, 11) is 0. The number of hydrogen-bond acceptors (Lipinski definition) is 6. The van der Waals surface area contributed by atoms with Gasteiger partial charge < -0.3 is 29.7 Å². The monoisotopic (exact) mass is 1070 g/mol. The maximum atomic E-state index is 8.89. The number of hydrogen-bond donors (Lipinski definition) is 0. The average Bonchev–Trinajstić information content (AvgIpc) is 4.10. The standard InChI is InChI=1S/C21H25N2.C20H29N2.C19H33N2.3C2H4O2/c1-14-9-16(3)20(17(4)10-14)22-7-8-23(13-22)21-18(5)11-15(2)12-19(21)6;1-16-13-17(2)20(18(3)14-16)22-12-11-21(15-22)19-9-7-5-4-6-8-10-19;1-3-7-11-18(12-8-4-1)20-15-16-21(17-20)19-13-9-5-2-6-10-14-19;3*1-2(3)4/h7-13H,1-6H3;11-15,19H,4-10H2,1-3H3;15-19H,1-14H2;3*1H3,(H,3,4)/q3*+1;;;/p-3. The molecule has 9 rings (SSSR count). The van der Waals surface area contributed by atoms with Crippen molar-refractivity contribution in [3.05, 3.63) is 143 Å². The summed E-state index contributed by atoms with van der Waals surface area (Å²) in [6, 6.07) is 15.8. The molecule has 0 amide bonds. The lowest BCUT2D eigenvalue weighted by atomic mass is 9.96. The number of imidazole rings is 3. The fourth-order valence-corrected chi connectivity index (χ4v) is 12.1. The third kappa shape index (κ3) is 21.9. The van der Waals surface area contributed by atoms with E-state index in [-0.39, 0.29) is 0 Å². The summed E-state index contributed by atoms with van der Waals surface area (Å²) in [6.45, 7) is 22.6. The van der Waals surface area contributed by atoms with E-state index in [1.807, 2.05) is 0 Å². The van der Waals surface area contributed by atoms with Crippen molar-refractivity contribution >= 4 is 17.9 Å². The highest BCUT2D eigenvalue weighted by Gasteiger charge is 2.24. The van der Waals surface area contributed by atoms with Gasteiger partial charge in [0.25, 0.3) is 6.33 Å². The molecule has 3 aromatic heterocycles. The second kappa shape index (κ2) is 33.2. The number of carboxylic acids is 3. The molecule has 0 atom stereocenters. The number of aliphatic carboxylic acids is 3. The van der Waals surface area contributed by atoms with E-state index in [1.54, 1.807) is 0 Å². The summed E-state index contributed by atoms with van der Waals surface area (Å²) in [5.41, 5.74) is 15.8. The van der Waals surface area contributed by atoms with Crippen molar-refractivity contribution < 1.29 is 43.4 Å². The molecule has 12 nitrogen and oxygen atoms in total. The number of carboxylic acid groups (broad SMARTS) is 3. The van der Waals surface area contributed by atoms with E-state index in [4.69, 9.17) is 29.7 Å². The molecule has 3 saturated carbocycles. The van der Waals surface area contributed by atoms with Crippen molar-refractivity contribution in [1.82, 2.24) is 13.7 Å². The molecule has 0 N–H and O–H groups in total. The SMILES string of the molecule is CC(=O)[O-].CC(=O)[O-].CC(=O)[O-].Cc1cc(C)c(-n2cc[n+](-c3c(C)cc(C)cc3C)c2)c(C)c1.Cc1cc(C)c(-n2cc[n+](C3CCCCCCC3)c2)c(C)c1.c1c[n+](C2CCCCCCC2)cn1C1CCCCCCC1. The van der Waals surface area contributed by atoms with Crippen LogP contribution in [0.1, 0.15) is 224 Å². The predicted octanol–water partition coefficient (Wildman–Crippen LogP) is 11.2. The van der Waals surface area contributed by atoms with E-state index in [1.165, 1.54) is 202 Å². The largest absolute Gasteiger partial charge is 0.550 e. The minimum absolute atomic E-state index is 0.688. The van der Waals surface area contributed by atoms with E-state index in [9.17, 15) is 0 Å². The average molecular weight is 1070 g/mol. The molecule has 0 saturated heterocycles. The lowest BCUT2D eigenvalue weighted by Gasteiger charge is -2.18. The minimum atomic E-state index is -1.08. The van der Waals surface area contributed by atoms with Crippen molar-refractivity contribution in [2.45, 2.75) is 236 Å². The number of aryl methyl sites for hydroxylation is 9. The number of aromatic nitrogens is 6. The molecule has 3 heterocycles. The summed E-state index contributed by atoms with van der Waals surface area (Å²) in [6.07, 6.45) is 50.0. The van der Waals surface area contributed by atoms with Gasteiger partial charge in [-0.2, -0.15) is 0 Å². The van der Waals surface area contributed by atoms with Gasteiger partial charge in [0.2, 0.25) is 12.7 Å². The van der Waals surface area contributed by atoms with Crippen LogP contribution in [-0.2, 0) is 14.4 Å². The molecule has 12 heteroatoms. The Morgan fingerprint density at radius 2 is 0.692 bits per heavy atom. The third-order valence-corrected chi connectivity index (χ3v) is 15.1. The molecule has 6 aromatic rings. The van der Waals surface area contributed by atoms with Gasteiger partial charge in [-0.3, -0.25) is 0 Å². The fraction of sp³-hybridized carbons (Fsp3) is 0.545. The van der Waals surface area contributed by atoms with Crippen molar-refractivity contribution in [2.24, 2.45) is 0 Å². The van der Waals surface area contributed by atoms with Crippen molar-refractivity contribution in [3.63, 3.8) is 0 Å². The van der Waals surface area contributed by atoms with E-state index >= 15 is 0 Å². The molecule has 3 fully saturated rings. The van der Waals surface area contributed by atoms with E-state index in [0.29, 0.717) is 6.04 Å². The van der Waals surface area contributed by atoms with E-state index < -0.39 is 17.9 Å². The zero-order valence-electron chi connectivity index (χ0n) is 49.9. The molecule has 0 radical (unpaired) electrons. The number of nitrogens with zero attached hydrogens (tertiary/aromatic N) is 6. The van der Waals surface area contributed by atoms with Crippen LogP contribution >= 0.6 is 0 Å². The van der Waals surface area contributed by atoms with Crippen LogP contribution in [0.3, 0.4) is 0 Å². The smallest absolute Gasteiger partial charge is 0.254 e. The molecule has 0 bridgehead atoms. The Kier molecular flexibility index (Phi) is 27.3. The van der Waals surface area contributed by atoms with Gasteiger partial charge in [-0.25, -0.2) is 27.4 Å². The molecular formula is C66H96N6O6. The van der Waals surface area contributed by atoms with Gasteiger partial charge in [-0.05, 0) is 194 Å². The predicted molar refractivity (Wildman–Crippen MR) is 307 cm³/mol. The van der Waals surface area contributed by atoms with Gasteiger partial charge in [0, 0.05) is 17.9 Å². The van der Waals surface area contributed by atoms with Crippen LogP contribution in [0.5, 0.6) is 0 Å². The highest BCUT2D eigenvalue weighted by Crippen LogP contribution is 2.29. The summed E-state index contributed by atoms with van der Waals surface area (Å²) in [5.74, 6) is -3.25. The van der Waals surface area contributed by atoms with Crippen LogP contribution < -0.4 is 29.0 Å². The molecule has 426 valence electrons. The van der Waals surface area contributed by atoms with Gasteiger partial charge in [-0.1, -0.05) is 111 Å². The Balaban J connectivity index is 0.000000228. The highest BCUT2D eigenvalue weighted by atomic mass is 16.4. The first-order chi connectivity index (χ1) is 37.1. The molecule has 0 unspecified atom stereocenters. The van der Waals surface area contributed by atoms with Gasteiger partial charge in [0.15, 0.2) is 0 Å². The van der Waals surface area contributed by atoms with Crippen LogP contribution in [-0.4, -0.2) is 31.6 Å².